The van der Waals surface area contributed by atoms with Crippen molar-refractivity contribution in [3.05, 3.63) is 52.2 Å². The fourth-order valence-electron chi connectivity index (χ4n) is 1.48. The average molecular weight is 248 g/mol. The number of aromatic nitrogens is 2. The number of nitro groups is 1. The summed E-state index contributed by atoms with van der Waals surface area (Å²) in [7, 11) is 0. The molecule has 2 rings (SSSR count). The van der Waals surface area contributed by atoms with Gasteiger partial charge in [0.2, 0.25) is 0 Å². The van der Waals surface area contributed by atoms with E-state index in [2.05, 4.69) is 15.3 Å². The van der Waals surface area contributed by atoms with Crippen LogP contribution in [0.25, 0.3) is 0 Å². The lowest BCUT2D eigenvalue weighted by molar-refractivity contribution is -0.384. The van der Waals surface area contributed by atoms with E-state index in [1.807, 2.05) is 0 Å². The van der Waals surface area contributed by atoms with Crippen LogP contribution in [0.1, 0.15) is 5.69 Å². The van der Waals surface area contributed by atoms with Crippen LogP contribution in [0.2, 0.25) is 0 Å². The topological polar surface area (TPSA) is 81.0 Å². The van der Waals surface area contributed by atoms with Gasteiger partial charge in [0, 0.05) is 6.20 Å². The lowest BCUT2D eigenvalue weighted by Crippen LogP contribution is -2.01. The Labute approximate surface area is 102 Å². The summed E-state index contributed by atoms with van der Waals surface area (Å²) in [5.41, 5.74) is 0.447. The molecule has 0 fully saturated rings. The van der Waals surface area contributed by atoms with E-state index in [9.17, 15) is 14.5 Å². The fraction of sp³-hybridized carbons (Fsp3) is 0.0909. The molecule has 0 spiro atoms. The molecule has 0 aliphatic heterocycles. The van der Waals surface area contributed by atoms with Crippen molar-refractivity contribution in [3.63, 3.8) is 0 Å². The number of aryl methyl sites for hydroxylation is 1. The van der Waals surface area contributed by atoms with E-state index in [0.29, 0.717) is 11.5 Å². The second-order valence-corrected chi connectivity index (χ2v) is 3.54. The molecule has 0 aromatic carbocycles. The first kappa shape index (κ1) is 11.9. The average Bonchev–Trinajstić information content (AvgIpc) is 2.32. The first-order valence-corrected chi connectivity index (χ1v) is 5.06. The van der Waals surface area contributed by atoms with E-state index < -0.39 is 10.7 Å². The smallest absolute Gasteiger partial charge is 0.313 e. The van der Waals surface area contributed by atoms with Crippen molar-refractivity contribution in [2.45, 2.75) is 6.92 Å². The highest BCUT2D eigenvalue weighted by Crippen LogP contribution is 2.28. The first-order chi connectivity index (χ1) is 8.58. The SMILES string of the molecule is Cc1nccc(Nc2ccc(F)cn2)c1[N+](=O)[O-]. The number of hydrogen-bond acceptors (Lipinski definition) is 5. The Morgan fingerprint density at radius 2 is 2.11 bits per heavy atom. The molecule has 1 N–H and O–H groups in total. The molecule has 0 saturated carbocycles. The minimum Gasteiger partial charge on any atom is -0.335 e. The zero-order chi connectivity index (χ0) is 13.1. The number of nitrogens with zero attached hydrogens (tertiary/aromatic N) is 3. The molecule has 2 aromatic heterocycles. The minimum absolute atomic E-state index is 0.122. The molecule has 0 aliphatic carbocycles. The Morgan fingerprint density at radius 1 is 1.33 bits per heavy atom. The van der Waals surface area contributed by atoms with Crippen LogP contribution in [0, 0.1) is 22.9 Å². The molecule has 0 unspecified atom stereocenters. The molecule has 2 aromatic rings. The molecule has 0 amide bonds. The van der Waals surface area contributed by atoms with E-state index in [4.69, 9.17) is 0 Å². The summed E-state index contributed by atoms with van der Waals surface area (Å²) in [5.74, 6) is -0.147. The third-order valence-corrected chi connectivity index (χ3v) is 2.28. The number of halogens is 1. The van der Waals surface area contributed by atoms with E-state index in [0.717, 1.165) is 6.20 Å². The molecule has 6 nitrogen and oxygen atoms in total. The predicted molar refractivity (Wildman–Crippen MR) is 63.1 cm³/mol. The van der Waals surface area contributed by atoms with Crippen molar-refractivity contribution >= 4 is 17.2 Å². The minimum atomic E-state index is -0.520. The Bertz CT molecular complexity index is 586. The van der Waals surface area contributed by atoms with Gasteiger partial charge >= 0.3 is 5.69 Å². The fourth-order valence-corrected chi connectivity index (χ4v) is 1.48. The summed E-state index contributed by atoms with van der Waals surface area (Å²) in [4.78, 5) is 18.0. The van der Waals surface area contributed by atoms with Crippen molar-refractivity contribution in [3.8, 4) is 0 Å². The summed E-state index contributed by atoms with van der Waals surface area (Å²) < 4.78 is 12.7. The molecule has 0 radical (unpaired) electrons. The van der Waals surface area contributed by atoms with Crippen LogP contribution in [0.3, 0.4) is 0 Å². The van der Waals surface area contributed by atoms with Crippen molar-refractivity contribution in [1.82, 2.24) is 9.97 Å². The predicted octanol–water partition coefficient (Wildman–Crippen LogP) is 2.58. The molecule has 2 heterocycles. The highest BCUT2D eigenvalue weighted by atomic mass is 19.1. The molecular weight excluding hydrogens is 239 g/mol. The van der Waals surface area contributed by atoms with Crippen molar-refractivity contribution < 1.29 is 9.31 Å². The molecular formula is C11H9FN4O2. The highest BCUT2D eigenvalue weighted by Gasteiger charge is 2.18. The zero-order valence-electron chi connectivity index (χ0n) is 9.42. The van der Waals surface area contributed by atoms with Crippen LogP contribution in [0.15, 0.2) is 30.6 Å². The van der Waals surface area contributed by atoms with Gasteiger partial charge in [-0.05, 0) is 25.1 Å². The lowest BCUT2D eigenvalue weighted by Gasteiger charge is -2.06. The molecule has 7 heteroatoms. The third-order valence-electron chi connectivity index (χ3n) is 2.28. The van der Waals surface area contributed by atoms with E-state index >= 15 is 0 Å². The Kier molecular flexibility index (Phi) is 3.13. The van der Waals surface area contributed by atoms with Gasteiger partial charge in [-0.15, -0.1) is 0 Å². The molecule has 0 atom stereocenters. The van der Waals surface area contributed by atoms with Gasteiger partial charge < -0.3 is 5.32 Å². The Balaban J connectivity index is 2.37. The van der Waals surface area contributed by atoms with Crippen LogP contribution in [-0.4, -0.2) is 14.9 Å². The largest absolute Gasteiger partial charge is 0.335 e. The number of nitrogens with one attached hydrogen (secondary N) is 1. The maximum Gasteiger partial charge on any atom is 0.313 e. The van der Waals surface area contributed by atoms with Gasteiger partial charge in [-0.2, -0.15) is 0 Å². The van der Waals surface area contributed by atoms with Crippen LogP contribution in [-0.2, 0) is 0 Å². The number of pyridine rings is 2. The highest BCUT2D eigenvalue weighted by molar-refractivity contribution is 5.68. The summed E-state index contributed by atoms with van der Waals surface area (Å²) in [5, 5.41) is 13.7. The summed E-state index contributed by atoms with van der Waals surface area (Å²) in [6.45, 7) is 1.54. The molecule has 0 aliphatic rings. The molecule has 92 valence electrons. The molecule has 0 bridgehead atoms. The van der Waals surface area contributed by atoms with Gasteiger partial charge in [0.1, 0.15) is 23.0 Å². The number of rotatable bonds is 3. The van der Waals surface area contributed by atoms with Crippen molar-refractivity contribution in [2.24, 2.45) is 0 Å². The van der Waals surface area contributed by atoms with E-state index in [-0.39, 0.29) is 11.4 Å². The standard InChI is InChI=1S/C11H9FN4O2/c1-7-11(16(17)18)9(4-5-13-7)15-10-3-2-8(12)6-14-10/h2-6H,1H3,(H,13,14,15). The lowest BCUT2D eigenvalue weighted by atomic mass is 10.2. The second kappa shape index (κ2) is 4.74. The number of anilines is 2. The molecule has 18 heavy (non-hydrogen) atoms. The van der Waals surface area contributed by atoms with Gasteiger partial charge in [0.05, 0.1) is 11.1 Å². The maximum absolute atomic E-state index is 12.7. The quantitative estimate of drug-likeness (QED) is 0.666. The van der Waals surface area contributed by atoms with Crippen LogP contribution in [0.5, 0.6) is 0 Å². The first-order valence-electron chi connectivity index (χ1n) is 5.06. The van der Waals surface area contributed by atoms with Gasteiger partial charge in [-0.25, -0.2) is 9.37 Å². The van der Waals surface area contributed by atoms with Crippen LogP contribution >= 0.6 is 0 Å². The van der Waals surface area contributed by atoms with Crippen molar-refractivity contribution in [2.75, 3.05) is 5.32 Å². The van der Waals surface area contributed by atoms with E-state index in [1.165, 1.54) is 24.4 Å². The normalized spacial score (nSPS) is 10.1. The van der Waals surface area contributed by atoms with Gasteiger partial charge in [0.15, 0.2) is 0 Å². The van der Waals surface area contributed by atoms with Gasteiger partial charge in [0.25, 0.3) is 0 Å². The van der Waals surface area contributed by atoms with Crippen LogP contribution in [0.4, 0.5) is 21.6 Å². The number of hydrogen-bond donors (Lipinski definition) is 1. The second-order valence-electron chi connectivity index (χ2n) is 3.54. The van der Waals surface area contributed by atoms with Crippen LogP contribution < -0.4 is 5.32 Å². The summed E-state index contributed by atoms with van der Waals surface area (Å²) in [6.07, 6.45) is 2.48. The van der Waals surface area contributed by atoms with Gasteiger partial charge in [-0.3, -0.25) is 15.1 Å². The van der Waals surface area contributed by atoms with Crippen molar-refractivity contribution in [1.29, 1.82) is 0 Å². The third kappa shape index (κ3) is 2.40. The Morgan fingerprint density at radius 3 is 2.72 bits per heavy atom. The maximum atomic E-state index is 12.7. The zero-order valence-corrected chi connectivity index (χ0v) is 9.42. The monoisotopic (exact) mass is 248 g/mol. The Hall–Kier alpha value is -2.57. The van der Waals surface area contributed by atoms with Gasteiger partial charge in [-0.1, -0.05) is 0 Å². The summed E-state index contributed by atoms with van der Waals surface area (Å²) >= 11 is 0. The molecule has 0 saturated heterocycles. The van der Waals surface area contributed by atoms with E-state index in [1.54, 1.807) is 6.92 Å². The summed E-state index contributed by atoms with van der Waals surface area (Å²) in [6, 6.07) is 4.08.